The highest BCUT2D eigenvalue weighted by Crippen LogP contribution is 2.19. The maximum Gasteiger partial charge on any atom is 0.243 e. The van der Waals surface area contributed by atoms with Gasteiger partial charge >= 0.3 is 0 Å². The minimum absolute atomic E-state index is 0.124. The Bertz CT molecular complexity index is 610. The van der Waals surface area contributed by atoms with Crippen molar-refractivity contribution in [2.24, 2.45) is 10.9 Å². The molecule has 1 aromatic carbocycles. The number of rotatable bonds is 4. The highest BCUT2D eigenvalue weighted by Gasteiger charge is 2.28. The number of oxime groups is 1. The van der Waals surface area contributed by atoms with Crippen LogP contribution in [0.3, 0.4) is 0 Å². The van der Waals surface area contributed by atoms with E-state index < -0.39 is 10.0 Å². The Morgan fingerprint density at radius 1 is 1.24 bits per heavy atom. The van der Waals surface area contributed by atoms with Crippen LogP contribution < -0.4 is 5.73 Å². The molecule has 116 valence electrons. The molecule has 0 spiro atoms. The Morgan fingerprint density at radius 2 is 1.81 bits per heavy atom. The maximum absolute atomic E-state index is 12.5. The lowest BCUT2D eigenvalue weighted by Gasteiger charge is -2.33. The standard InChI is InChI=1S/C12H17BrN4O3S/c13-10-1-3-11(4-2-10)21(19,20)17-7-5-16(6-8-17)9-12(14)15-18/h1-4,18H,5-9H2,(H2,14,15). The summed E-state index contributed by atoms with van der Waals surface area (Å²) in [5.74, 6) is 0.124. The number of hydrogen-bond acceptors (Lipinski definition) is 5. The van der Waals surface area contributed by atoms with Gasteiger partial charge in [-0.05, 0) is 24.3 Å². The van der Waals surface area contributed by atoms with Crippen LogP contribution in [0, 0.1) is 0 Å². The summed E-state index contributed by atoms with van der Waals surface area (Å²) in [7, 11) is -3.46. The van der Waals surface area contributed by atoms with Crippen LogP contribution in [0.4, 0.5) is 0 Å². The van der Waals surface area contributed by atoms with Gasteiger partial charge in [0.1, 0.15) is 0 Å². The molecule has 1 aromatic rings. The van der Waals surface area contributed by atoms with Crippen LogP contribution in [0.25, 0.3) is 0 Å². The fourth-order valence-corrected chi connectivity index (χ4v) is 3.83. The molecule has 0 saturated carbocycles. The molecule has 0 unspecified atom stereocenters. The average molecular weight is 377 g/mol. The number of nitrogens with two attached hydrogens (primary N) is 1. The Morgan fingerprint density at radius 3 is 2.33 bits per heavy atom. The monoisotopic (exact) mass is 376 g/mol. The first-order valence-corrected chi connectivity index (χ1v) is 8.61. The lowest BCUT2D eigenvalue weighted by Crippen LogP contribution is -2.50. The van der Waals surface area contributed by atoms with E-state index >= 15 is 0 Å². The van der Waals surface area contributed by atoms with Crippen molar-refractivity contribution in [3.8, 4) is 0 Å². The van der Waals surface area contributed by atoms with Gasteiger partial charge < -0.3 is 10.9 Å². The Labute approximate surface area is 132 Å². The molecule has 0 bridgehead atoms. The van der Waals surface area contributed by atoms with Crippen molar-refractivity contribution in [2.45, 2.75) is 4.90 Å². The summed E-state index contributed by atoms with van der Waals surface area (Å²) < 4.78 is 27.3. The minimum atomic E-state index is -3.46. The molecule has 0 aliphatic carbocycles. The summed E-state index contributed by atoms with van der Waals surface area (Å²) in [6.45, 7) is 2.20. The molecular weight excluding hydrogens is 360 g/mol. The third-order valence-electron chi connectivity index (χ3n) is 3.30. The Balaban J connectivity index is 2.02. The van der Waals surface area contributed by atoms with Gasteiger partial charge in [0.15, 0.2) is 5.84 Å². The summed E-state index contributed by atoms with van der Waals surface area (Å²) in [5.41, 5.74) is 5.45. The van der Waals surface area contributed by atoms with Crippen molar-refractivity contribution in [3.05, 3.63) is 28.7 Å². The van der Waals surface area contributed by atoms with Crippen LogP contribution in [0.1, 0.15) is 0 Å². The van der Waals surface area contributed by atoms with Crippen molar-refractivity contribution < 1.29 is 13.6 Å². The predicted molar refractivity (Wildman–Crippen MR) is 82.7 cm³/mol. The van der Waals surface area contributed by atoms with Gasteiger partial charge in [-0.15, -0.1) is 0 Å². The molecule has 3 N–H and O–H groups in total. The van der Waals surface area contributed by atoms with Crippen LogP contribution in [0.15, 0.2) is 38.8 Å². The number of hydrogen-bond donors (Lipinski definition) is 2. The highest BCUT2D eigenvalue weighted by molar-refractivity contribution is 9.10. The van der Waals surface area contributed by atoms with E-state index in [1.807, 2.05) is 4.90 Å². The fraction of sp³-hybridized carbons (Fsp3) is 0.417. The first kappa shape index (κ1) is 16.2. The molecule has 0 amide bonds. The highest BCUT2D eigenvalue weighted by atomic mass is 79.9. The molecule has 2 rings (SSSR count). The van der Waals surface area contributed by atoms with E-state index in [-0.39, 0.29) is 10.7 Å². The van der Waals surface area contributed by atoms with Crippen molar-refractivity contribution in [1.29, 1.82) is 0 Å². The molecule has 7 nitrogen and oxygen atoms in total. The smallest absolute Gasteiger partial charge is 0.243 e. The molecular formula is C12H17BrN4O3S. The average Bonchev–Trinajstić information content (AvgIpc) is 2.48. The SMILES string of the molecule is NC(CN1CCN(S(=O)(=O)c2ccc(Br)cc2)CC1)=NO. The molecule has 1 aliphatic heterocycles. The van der Waals surface area contributed by atoms with Crippen molar-refractivity contribution in [1.82, 2.24) is 9.21 Å². The van der Waals surface area contributed by atoms with Crippen LogP contribution >= 0.6 is 15.9 Å². The Kier molecular flexibility index (Phi) is 5.20. The van der Waals surface area contributed by atoms with Crippen LogP contribution in [0.5, 0.6) is 0 Å². The van der Waals surface area contributed by atoms with Gasteiger partial charge in [-0.3, -0.25) is 4.90 Å². The third kappa shape index (κ3) is 3.94. The number of amidine groups is 1. The summed E-state index contributed by atoms with van der Waals surface area (Å²) in [4.78, 5) is 2.23. The molecule has 1 saturated heterocycles. The second kappa shape index (κ2) is 6.73. The zero-order chi connectivity index (χ0) is 15.5. The predicted octanol–water partition coefficient (Wildman–Crippen LogP) is 0.502. The van der Waals surface area contributed by atoms with E-state index in [2.05, 4.69) is 21.1 Å². The maximum atomic E-state index is 12.5. The number of halogens is 1. The number of sulfonamides is 1. The van der Waals surface area contributed by atoms with E-state index in [1.165, 1.54) is 4.31 Å². The molecule has 1 fully saturated rings. The van der Waals surface area contributed by atoms with Crippen LogP contribution in [-0.4, -0.2) is 61.4 Å². The van der Waals surface area contributed by atoms with Gasteiger partial charge in [-0.1, -0.05) is 21.1 Å². The normalized spacial score (nSPS) is 18.8. The lowest BCUT2D eigenvalue weighted by atomic mass is 10.3. The van der Waals surface area contributed by atoms with E-state index in [1.54, 1.807) is 24.3 Å². The second-order valence-corrected chi connectivity index (χ2v) is 7.58. The van der Waals surface area contributed by atoms with E-state index in [0.717, 1.165) is 4.47 Å². The number of benzene rings is 1. The molecule has 1 heterocycles. The van der Waals surface area contributed by atoms with E-state index in [4.69, 9.17) is 10.9 Å². The molecule has 1 aliphatic rings. The topological polar surface area (TPSA) is 99.2 Å². The molecule has 0 radical (unpaired) electrons. The second-order valence-electron chi connectivity index (χ2n) is 4.73. The summed E-state index contributed by atoms with van der Waals surface area (Å²) in [6.07, 6.45) is 0. The zero-order valence-corrected chi connectivity index (χ0v) is 13.7. The zero-order valence-electron chi connectivity index (χ0n) is 11.3. The molecule has 9 heteroatoms. The van der Waals surface area contributed by atoms with Gasteiger partial charge in [0, 0.05) is 30.7 Å². The first-order valence-electron chi connectivity index (χ1n) is 6.38. The van der Waals surface area contributed by atoms with Gasteiger partial charge in [-0.25, -0.2) is 8.42 Å². The first-order chi connectivity index (χ1) is 9.93. The summed E-state index contributed by atoms with van der Waals surface area (Å²) in [6, 6.07) is 6.59. The number of piperazine rings is 1. The van der Waals surface area contributed by atoms with Crippen molar-refractivity contribution in [2.75, 3.05) is 32.7 Å². The quantitative estimate of drug-likeness (QED) is 0.345. The summed E-state index contributed by atoms with van der Waals surface area (Å²) >= 11 is 3.29. The fourth-order valence-electron chi connectivity index (χ4n) is 2.14. The summed E-state index contributed by atoms with van der Waals surface area (Å²) in [5, 5.41) is 11.5. The van der Waals surface area contributed by atoms with Crippen LogP contribution in [0.2, 0.25) is 0 Å². The van der Waals surface area contributed by atoms with E-state index in [0.29, 0.717) is 32.7 Å². The van der Waals surface area contributed by atoms with Gasteiger partial charge in [0.2, 0.25) is 10.0 Å². The van der Waals surface area contributed by atoms with Gasteiger partial charge in [0.25, 0.3) is 0 Å². The molecule has 0 atom stereocenters. The third-order valence-corrected chi connectivity index (χ3v) is 5.74. The van der Waals surface area contributed by atoms with Crippen molar-refractivity contribution in [3.63, 3.8) is 0 Å². The Hall–Kier alpha value is -1.16. The van der Waals surface area contributed by atoms with Gasteiger partial charge in [0.05, 0.1) is 11.4 Å². The minimum Gasteiger partial charge on any atom is -0.409 e. The van der Waals surface area contributed by atoms with E-state index in [9.17, 15) is 8.42 Å². The molecule has 0 aromatic heterocycles. The number of nitrogens with zero attached hydrogens (tertiary/aromatic N) is 3. The van der Waals surface area contributed by atoms with Crippen LogP contribution in [-0.2, 0) is 10.0 Å². The lowest BCUT2D eigenvalue weighted by molar-refractivity contribution is 0.206. The van der Waals surface area contributed by atoms with Gasteiger partial charge in [-0.2, -0.15) is 4.31 Å². The molecule has 21 heavy (non-hydrogen) atoms. The largest absolute Gasteiger partial charge is 0.409 e. The van der Waals surface area contributed by atoms with Crippen molar-refractivity contribution >= 4 is 31.8 Å².